The Kier molecular flexibility index (Phi) is 14.6. The second-order valence-electron chi connectivity index (χ2n) is 7.81. The normalized spacial score (nSPS) is 15.8. The molecule has 0 radical (unpaired) electrons. The van der Waals surface area contributed by atoms with Gasteiger partial charge in [-0.2, -0.15) is 0 Å². The van der Waals surface area contributed by atoms with Crippen LogP contribution in [-0.2, 0) is 0 Å². The minimum absolute atomic E-state index is 0.391. The van der Waals surface area contributed by atoms with Crippen molar-refractivity contribution in [1.82, 2.24) is 4.90 Å². The number of hydrogen-bond acceptors (Lipinski definition) is 3. The molecular formula is C23H44N2O. The molecule has 1 rings (SSSR count). The lowest BCUT2D eigenvalue weighted by molar-refractivity contribution is 0.0766. The van der Waals surface area contributed by atoms with Crippen LogP contribution in [0.5, 0.6) is 0 Å². The van der Waals surface area contributed by atoms with Crippen LogP contribution in [-0.4, -0.2) is 35.2 Å². The van der Waals surface area contributed by atoms with E-state index in [4.69, 9.17) is 0 Å². The molecule has 26 heavy (non-hydrogen) atoms. The van der Waals surface area contributed by atoms with Crippen LogP contribution in [0.1, 0.15) is 110 Å². The van der Waals surface area contributed by atoms with Crippen LogP contribution in [0.25, 0.3) is 0 Å². The first-order valence-electron chi connectivity index (χ1n) is 11.4. The predicted octanol–water partition coefficient (Wildman–Crippen LogP) is 6.47. The van der Waals surface area contributed by atoms with Gasteiger partial charge in [0.2, 0.25) is 0 Å². The number of aliphatic imine (C=N–C) groups is 1. The summed E-state index contributed by atoms with van der Waals surface area (Å²) >= 11 is 0. The Morgan fingerprint density at radius 1 is 0.885 bits per heavy atom. The second-order valence-corrected chi connectivity index (χ2v) is 7.81. The van der Waals surface area contributed by atoms with E-state index in [0.29, 0.717) is 0 Å². The molecule has 0 aromatic heterocycles. The fourth-order valence-corrected chi connectivity index (χ4v) is 3.66. The van der Waals surface area contributed by atoms with E-state index in [-0.39, 0.29) is 0 Å². The van der Waals surface area contributed by atoms with Crippen LogP contribution in [0.3, 0.4) is 0 Å². The SMILES string of the molecule is CCCCCCCCCCCC/C=C/CCCCC1=NCCN1C(C)O. The van der Waals surface area contributed by atoms with E-state index in [2.05, 4.69) is 24.1 Å². The molecule has 1 unspecified atom stereocenters. The molecular weight excluding hydrogens is 320 g/mol. The fraction of sp³-hybridized carbons (Fsp3) is 0.870. The van der Waals surface area contributed by atoms with Crippen molar-refractivity contribution in [3.8, 4) is 0 Å². The molecule has 0 aromatic rings. The first-order chi connectivity index (χ1) is 12.8. The molecule has 0 fully saturated rings. The number of amidine groups is 1. The highest BCUT2D eigenvalue weighted by Gasteiger charge is 2.19. The minimum atomic E-state index is -0.391. The van der Waals surface area contributed by atoms with Crippen LogP contribution >= 0.6 is 0 Å². The topological polar surface area (TPSA) is 35.8 Å². The monoisotopic (exact) mass is 364 g/mol. The number of hydrogen-bond donors (Lipinski definition) is 1. The van der Waals surface area contributed by atoms with Gasteiger partial charge in [-0.05, 0) is 39.0 Å². The van der Waals surface area contributed by atoms with E-state index < -0.39 is 6.23 Å². The van der Waals surface area contributed by atoms with Gasteiger partial charge in [0.25, 0.3) is 0 Å². The Morgan fingerprint density at radius 3 is 2.00 bits per heavy atom. The average molecular weight is 365 g/mol. The summed E-state index contributed by atoms with van der Waals surface area (Å²) in [5.41, 5.74) is 0. The summed E-state index contributed by atoms with van der Waals surface area (Å²) in [6, 6.07) is 0. The predicted molar refractivity (Wildman–Crippen MR) is 115 cm³/mol. The number of allylic oxidation sites excluding steroid dienone is 2. The van der Waals surface area contributed by atoms with Gasteiger partial charge in [-0.15, -0.1) is 0 Å². The molecule has 0 aliphatic carbocycles. The molecule has 0 spiro atoms. The molecule has 1 atom stereocenters. The van der Waals surface area contributed by atoms with E-state index in [9.17, 15) is 5.11 Å². The quantitative estimate of drug-likeness (QED) is 0.237. The van der Waals surface area contributed by atoms with E-state index >= 15 is 0 Å². The summed E-state index contributed by atoms with van der Waals surface area (Å²) in [5, 5.41) is 9.69. The van der Waals surface area contributed by atoms with Gasteiger partial charge in [-0.1, -0.05) is 76.9 Å². The first kappa shape index (κ1) is 23.2. The standard InChI is InChI=1S/C23H44N2O/c1-3-4-5-6-7-8-9-10-11-12-13-14-15-16-17-18-19-23-24-20-21-25(23)22(2)26/h14-15,22,26H,3-13,16-21H2,1-2H3/b15-14+. The van der Waals surface area contributed by atoms with Crippen molar-refractivity contribution in [2.75, 3.05) is 13.1 Å². The van der Waals surface area contributed by atoms with Crippen molar-refractivity contribution >= 4 is 5.84 Å². The summed E-state index contributed by atoms with van der Waals surface area (Å²) < 4.78 is 0. The Bertz CT molecular complexity index is 376. The fourth-order valence-electron chi connectivity index (χ4n) is 3.66. The molecule has 0 amide bonds. The first-order valence-corrected chi connectivity index (χ1v) is 11.4. The maximum atomic E-state index is 9.69. The third-order valence-corrected chi connectivity index (χ3v) is 5.33. The largest absolute Gasteiger partial charge is 0.374 e. The summed E-state index contributed by atoms with van der Waals surface area (Å²) in [7, 11) is 0. The lowest BCUT2D eigenvalue weighted by Gasteiger charge is -2.23. The van der Waals surface area contributed by atoms with Gasteiger partial charge >= 0.3 is 0 Å². The third-order valence-electron chi connectivity index (χ3n) is 5.33. The molecule has 3 heteroatoms. The molecule has 0 aromatic carbocycles. The van der Waals surface area contributed by atoms with E-state index in [1.807, 2.05) is 11.8 Å². The zero-order valence-corrected chi connectivity index (χ0v) is 17.6. The van der Waals surface area contributed by atoms with Gasteiger partial charge in [-0.25, -0.2) is 0 Å². The number of aliphatic hydroxyl groups is 1. The number of unbranched alkanes of at least 4 members (excludes halogenated alkanes) is 12. The number of nitrogens with zero attached hydrogens (tertiary/aromatic N) is 2. The molecule has 3 nitrogen and oxygen atoms in total. The molecule has 152 valence electrons. The third kappa shape index (κ3) is 11.7. The molecule has 1 aliphatic heterocycles. The highest BCUT2D eigenvalue weighted by atomic mass is 16.3. The Hall–Kier alpha value is -0.830. The van der Waals surface area contributed by atoms with Crippen LogP contribution in [0.2, 0.25) is 0 Å². The summed E-state index contributed by atoms with van der Waals surface area (Å²) in [6.07, 6.45) is 24.3. The lowest BCUT2D eigenvalue weighted by atomic mass is 10.1. The van der Waals surface area contributed by atoms with Crippen molar-refractivity contribution in [3.05, 3.63) is 12.2 Å². The highest BCUT2D eigenvalue weighted by molar-refractivity contribution is 5.83. The van der Waals surface area contributed by atoms with Crippen molar-refractivity contribution in [1.29, 1.82) is 0 Å². The minimum Gasteiger partial charge on any atom is -0.374 e. The Labute approximate surface area is 163 Å². The van der Waals surface area contributed by atoms with Gasteiger partial charge in [-0.3, -0.25) is 4.99 Å². The van der Waals surface area contributed by atoms with Crippen LogP contribution in [0, 0.1) is 0 Å². The van der Waals surface area contributed by atoms with Crippen LogP contribution in [0.15, 0.2) is 17.1 Å². The van der Waals surface area contributed by atoms with E-state index in [1.165, 1.54) is 89.9 Å². The molecule has 1 heterocycles. The molecule has 0 bridgehead atoms. The van der Waals surface area contributed by atoms with Gasteiger partial charge in [0, 0.05) is 13.0 Å². The average Bonchev–Trinajstić information content (AvgIpc) is 3.10. The van der Waals surface area contributed by atoms with Crippen LogP contribution in [0.4, 0.5) is 0 Å². The lowest BCUT2D eigenvalue weighted by Crippen LogP contribution is -2.35. The number of rotatable bonds is 17. The van der Waals surface area contributed by atoms with Crippen molar-refractivity contribution in [2.24, 2.45) is 4.99 Å². The van der Waals surface area contributed by atoms with Crippen LogP contribution < -0.4 is 0 Å². The summed E-state index contributed by atoms with van der Waals surface area (Å²) in [6.45, 7) is 5.84. The molecule has 0 saturated heterocycles. The Balaban J connectivity index is 1.82. The van der Waals surface area contributed by atoms with Gasteiger partial charge in [0.1, 0.15) is 12.1 Å². The van der Waals surface area contributed by atoms with Gasteiger partial charge in [0.15, 0.2) is 0 Å². The zero-order chi connectivity index (χ0) is 18.9. The summed E-state index contributed by atoms with van der Waals surface area (Å²) in [5.74, 6) is 1.11. The van der Waals surface area contributed by atoms with Crippen molar-refractivity contribution in [3.63, 3.8) is 0 Å². The smallest absolute Gasteiger partial charge is 0.125 e. The highest BCUT2D eigenvalue weighted by Crippen LogP contribution is 2.13. The summed E-state index contributed by atoms with van der Waals surface area (Å²) in [4.78, 5) is 6.54. The van der Waals surface area contributed by atoms with Gasteiger partial charge in [0.05, 0.1) is 6.54 Å². The van der Waals surface area contributed by atoms with Gasteiger partial charge < -0.3 is 10.0 Å². The van der Waals surface area contributed by atoms with E-state index in [1.54, 1.807) is 0 Å². The Morgan fingerprint density at radius 2 is 1.42 bits per heavy atom. The zero-order valence-electron chi connectivity index (χ0n) is 17.6. The van der Waals surface area contributed by atoms with E-state index in [0.717, 1.165) is 25.3 Å². The van der Waals surface area contributed by atoms with Crippen molar-refractivity contribution in [2.45, 2.75) is 116 Å². The maximum Gasteiger partial charge on any atom is 0.125 e. The molecule has 1 aliphatic rings. The second kappa shape index (κ2) is 16.4. The molecule has 1 N–H and O–H groups in total. The van der Waals surface area contributed by atoms with Crippen molar-refractivity contribution < 1.29 is 5.11 Å². The number of aliphatic hydroxyl groups excluding tert-OH is 1. The maximum absolute atomic E-state index is 9.69. The molecule has 0 saturated carbocycles.